The molecule has 0 radical (unpaired) electrons. The van der Waals surface area contributed by atoms with Gasteiger partial charge < -0.3 is 14.7 Å². The molecule has 0 amide bonds. The number of ether oxygens (including phenoxy) is 1. The van der Waals surface area contributed by atoms with Gasteiger partial charge in [-0.15, -0.1) is 17.0 Å². The van der Waals surface area contributed by atoms with Crippen molar-refractivity contribution in [2.45, 2.75) is 58.8 Å². The van der Waals surface area contributed by atoms with Crippen LogP contribution in [0, 0.1) is 17.2 Å². The van der Waals surface area contributed by atoms with Gasteiger partial charge in [0.15, 0.2) is 5.78 Å². The van der Waals surface area contributed by atoms with E-state index in [-0.39, 0.29) is 70.2 Å². The van der Waals surface area contributed by atoms with E-state index >= 15 is 0 Å². The number of Topliss-reactive ketones (excluding diaryl/α,β-unsaturated/α-hetero) is 1. The van der Waals surface area contributed by atoms with Crippen LogP contribution in [0.1, 0.15) is 68.6 Å². The number of carbonyl (C=O) groups is 2. The molecule has 2 N–H and O–H groups in total. The van der Waals surface area contributed by atoms with Gasteiger partial charge in [-0.3, -0.25) is 15.0 Å². The summed E-state index contributed by atoms with van der Waals surface area (Å²) in [7, 11) is 1.36. The number of carbonyl (C=O) groups excluding carboxylic acids is 2. The molecule has 1 aliphatic rings. The number of esters is 1. The highest BCUT2D eigenvalue weighted by molar-refractivity contribution is 8.93. The summed E-state index contributed by atoms with van der Waals surface area (Å²) < 4.78 is 5.03. The molecule has 1 saturated heterocycles. The number of halogens is 1. The monoisotopic (exact) mass is 558 g/mol. The van der Waals surface area contributed by atoms with Crippen LogP contribution in [-0.2, 0) is 26.8 Å². The number of nitrogens with one attached hydrogen (secondary N) is 1. The van der Waals surface area contributed by atoms with E-state index < -0.39 is 5.92 Å². The number of rotatable bonds is 6. The van der Waals surface area contributed by atoms with Crippen molar-refractivity contribution in [1.82, 2.24) is 4.90 Å². The Morgan fingerprint density at radius 2 is 1.56 bits per heavy atom. The molecule has 1 fully saturated rings. The maximum absolute atomic E-state index is 13.5. The normalized spacial score (nSPS) is 18.1. The first-order chi connectivity index (χ1) is 16.2. The van der Waals surface area contributed by atoms with Gasteiger partial charge in [-0.25, -0.2) is 0 Å². The molecule has 0 aliphatic carbocycles. The minimum atomic E-state index is -0.504. The van der Waals surface area contributed by atoms with Gasteiger partial charge in [-0.05, 0) is 34.9 Å². The van der Waals surface area contributed by atoms with E-state index in [0.29, 0.717) is 12.0 Å². The van der Waals surface area contributed by atoms with Crippen LogP contribution in [0.25, 0.3) is 0 Å². The molecule has 36 heavy (non-hydrogen) atoms. The Kier molecular flexibility index (Phi) is 9.16. The van der Waals surface area contributed by atoms with E-state index in [1.165, 1.54) is 7.11 Å². The zero-order valence-corrected chi connectivity index (χ0v) is 24.1. The first-order valence-electron chi connectivity index (χ1n) is 12.1. The number of hydrogen-bond donors (Lipinski definition) is 2. The number of benzene rings is 2. The van der Waals surface area contributed by atoms with Crippen molar-refractivity contribution in [3.63, 3.8) is 0 Å². The summed E-state index contributed by atoms with van der Waals surface area (Å²) in [5.74, 6) is -0.856. The molecule has 2 aromatic carbocycles. The predicted octanol–water partition coefficient (Wildman–Crippen LogP) is 5.69. The van der Waals surface area contributed by atoms with E-state index in [0.717, 1.165) is 16.7 Å². The largest absolute Gasteiger partial charge is 0.507 e. The number of phenolic OH excluding ortho intramolecular Hbond substituents is 1. The van der Waals surface area contributed by atoms with Gasteiger partial charge in [-0.2, -0.15) is 0 Å². The maximum atomic E-state index is 13.5. The fraction of sp³-hybridized carbons (Fsp3) is 0.483. The first-order valence-corrected chi connectivity index (χ1v) is 12.1. The lowest BCUT2D eigenvalue weighted by Crippen LogP contribution is -2.33. The van der Waals surface area contributed by atoms with Crippen molar-refractivity contribution in [3.05, 3.63) is 64.7 Å². The van der Waals surface area contributed by atoms with E-state index in [1.807, 2.05) is 71.9 Å². The van der Waals surface area contributed by atoms with Crippen LogP contribution >= 0.6 is 17.0 Å². The second kappa shape index (κ2) is 11.2. The van der Waals surface area contributed by atoms with Crippen LogP contribution in [0.2, 0.25) is 0 Å². The Bertz CT molecular complexity index is 1080. The molecule has 196 valence electrons. The average molecular weight is 560 g/mol. The van der Waals surface area contributed by atoms with Crippen LogP contribution in [0.15, 0.2) is 42.5 Å². The van der Waals surface area contributed by atoms with Crippen molar-refractivity contribution in [1.29, 1.82) is 5.41 Å². The molecule has 6 nitrogen and oxygen atoms in total. The molecule has 0 spiro atoms. The summed E-state index contributed by atoms with van der Waals surface area (Å²) >= 11 is 0. The zero-order valence-electron chi connectivity index (χ0n) is 22.3. The Morgan fingerprint density at radius 1 is 1.03 bits per heavy atom. The molecule has 3 rings (SSSR count). The summed E-state index contributed by atoms with van der Waals surface area (Å²) in [6, 6.07) is 13.3. The average Bonchev–Trinajstić information content (AvgIpc) is 3.07. The molecule has 0 aromatic heterocycles. The highest BCUT2D eigenvalue weighted by Gasteiger charge is 2.43. The third-order valence-electron chi connectivity index (χ3n) is 6.78. The predicted molar refractivity (Wildman–Crippen MR) is 149 cm³/mol. The van der Waals surface area contributed by atoms with Crippen LogP contribution in [0.4, 0.5) is 0 Å². The molecule has 7 heteroatoms. The van der Waals surface area contributed by atoms with Gasteiger partial charge in [0.05, 0.1) is 19.6 Å². The lowest BCUT2D eigenvalue weighted by atomic mass is 9.78. The molecular formula is C29H39BrN2O4. The quantitative estimate of drug-likeness (QED) is 0.351. The minimum Gasteiger partial charge on any atom is -0.507 e. The van der Waals surface area contributed by atoms with Crippen LogP contribution < -0.4 is 0 Å². The summed E-state index contributed by atoms with van der Waals surface area (Å²) in [5, 5.41) is 19.8. The summed E-state index contributed by atoms with van der Waals surface area (Å²) in [4.78, 5) is 27.7. The van der Waals surface area contributed by atoms with Gasteiger partial charge in [0, 0.05) is 29.2 Å². The standard InChI is InChI=1S/C29H38N2O4.BrH/c1-28(2,3)22-14-19(15-23(25(22)33)29(4,5)6)24(32)17-31-16-21(27(34)35-7)20(26(31)30)13-18-11-9-8-10-12-18;/h8-12,14-15,20-21,30,33H,13,16-17H2,1-7H3;1H/t20-,21+;/m1./s1. The molecular weight excluding hydrogens is 520 g/mol. The smallest absolute Gasteiger partial charge is 0.311 e. The van der Waals surface area contributed by atoms with Gasteiger partial charge in [0.2, 0.25) is 0 Å². The SMILES string of the molecule is Br.COC(=O)[C@H]1CN(CC(=O)c2cc(C(C)(C)C)c(O)c(C(C)(C)C)c2)C(=N)[C@@H]1Cc1ccccc1. The van der Waals surface area contributed by atoms with E-state index in [2.05, 4.69) is 0 Å². The Labute approximate surface area is 225 Å². The highest BCUT2D eigenvalue weighted by Crippen LogP contribution is 2.40. The van der Waals surface area contributed by atoms with Crippen LogP contribution in [-0.4, -0.2) is 47.8 Å². The molecule has 1 heterocycles. The Morgan fingerprint density at radius 3 is 2.03 bits per heavy atom. The van der Waals surface area contributed by atoms with Crippen molar-refractivity contribution in [2.75, 3.05) is 20.2 Å². The van der Waals surface area contributed by atoms with E-state index in [4.69, 9.17) is 10.1 Å². The molecule has 2 atom stereocenters. The number of ketones is 1. The van der Waals surface area contributed by atoms with Crippen LogP contribution in [0.5, 0.6) is 5.75 Å². The van der Waals surface area contributed by atoms with Gasteiger partial charge in [0.25, 0.3) is 0 Å². The van der Waals surface area contributed by atoms with E-state index in [1.54, 1.807) is 17.0 Å². The second-order valence-corrected chi connectivity index (χ2v) is 11.5. The topological polar surface area (TPSA) is 90.7 Å². The zero-order chi connectivity index (χ0) is 26.1. The summed E-state index contributed by atoms with van der Waals surface area (Å²) in [6.45, 7) is 12.3. The van der Waals surface area contributed by atoms with Crippen molar-refractivity contribution < 1.29 is 19.4 Å². The fourth-order valence-electron chi connectivity index (χ4n) is 4.74. The van der Waals surface area contributed by atoms with Crippen LogP contribution in [0.3, 0.4) is 0 Å². The summed E-state index contributed by atoms with van der Waals surface area (Å²) in [6.07, 6.45) is 0.533. The third-order valence-corrected chi connectivity index (χ3v) is 6.78. The minimum absolute atomic E-state index is 0. The Balaban J connectivity index is 0.00000456. The lowest BCUT2D eigenvalue weighted by molar-refractivity contribution is -0.146. The number of methoxy groups -OCH3 is 1. The summed E-state index contributed by atoms with van der Waals surface area (Å²) in [5.41, 5.74) is 2.28. The molecule has 0 saturated carbocycles. The second-order valence-electron chi connectivity index (χ2n) is 11.5. The molecule has 2 aromatic rings. The maximum Gasteiger partial charge on any atom is 0.311 e. The van der Waals surface area contributed by atoms with Crippen molar-refractivity contribution in [2.24, 2.45) is 11.8 Å². The molecule has 0 unspecified atom stereocenters. The fourth-order valence-corrected chi connectivity index (χ4v) is 4.74. The van der Waals surface area contributed by atoms with E-state index in [9.17, 15) is 14.7 Å². The lowest BCUT2D eigenvalue weighted by Gasteiger charge is -2.28. The van der Waals surface area contributed by atoms with Gasteiger partial charge in [-0.1, -0.05) is 71.9 Å². The number of nitrogens with zero attached hydrogens (tertiary/aromatic N) is 1. The first kappa shape index (κ1) is 29.6. The Hall–Kier alpha value is -2.67. The number of amidine groups is 1. The van der Waals surface area contributed by atoms with Crippen molar-refractivity contribution >= 4 is 34.6 Å². The van der Waals surface area contributed by atoms with Crippen molar-refractivity contribution in [3.8, 4) is 5.75 Å². The molecule has 1 aliphatic heterocycles. The number of likely N-dealkylation sites (tertiary alicyclic amines) is 1. The number of phenols is 1. The highest BCUT2D eigenvalue weighted by atomic mass is 79.9. The van der Waals surface area contributed by atoms with Gasteiger partial charge >= 0.3 is 5.97 Å². The van der Waals surface area contributed by atoms with Gasteiger partial charge in [0.1, 0.15) is 11.6 Å². The number of hydrogen-bond acceptors (Lipinski definition) is 5. The molecule has 0 bridgehead atoms. The number of aromatic hydroxyl groups is 1. The third kappa shape index (κ3) is 6.36.